The Labute approximate surface area is 321 Å². The van der Waals surface area contributed by atoms with Crippen LogP contribution in [0.5, 0.6) is 0 Å². The van der Waals surface area contributed by atoms with E-state index in [1.807, 2.05) is 0 Å². The number of hydrogen-bond donors (Lipinski definition) is 5. The number of carboxylic acid groups (broad SMARTS) is 1. The van der Waals surface area contributed by atoms with E-state index >= 15 is 0 Å². The first-order valence-corrected chi connectivity index (χ1v) is 22.3. The fraction of sp³-hybridized carbons (Fsp3) is 0.875. The van der Waals surface area contributed by atoms with Crippen LogP contribution in [-0.2, 0) is 32.9 Å². The van der Waals surface area contributed by atoms with Gasteiger partial charge in [0.15, 0.2) is 6.10 Å². The summed E-state index contributed by atoms with van der Waals surface area (Å²) in [5.41, 5.74) is 4.86. The third-order valence-corrected chi connectivity index (χ3v) is 9.28. The molecule has 0 heterocycles. The molecule has 0 aromatic heterocycles. The van der Waals surface area contributed by atoms with E-state index in [0.717, 1.165) is 44.9 Å². The minimum atomic E-state index is -4.60. The van der Waals surface area contributed by atoms with Crippen molar-refractivity contribution in [1.29, 1.82) is 0 Å². The summed E-state index contributed by atoms with van der Waals surface area (Å²) in [5, 5.41) is 17.6. The summed E-state index contributed by atoms with van der Waals surface area (Å²) in [7, 11) is -4.60. The van der Waals surface area contributed by atoms with Crippen LogP contribution in [0.15, 0.2) is 12.2 Å². The van der Waals surface area contributed by atoms with E-state index in [4.69, 9.17) is 30.1 Å². The van der Waals surface area contributed by atoms with Crippen LogP contribution in [0.3, 0.4) is 0 Å². The van der Waals surface area contributed by atoms with Gasteiger partial charge in [-0.05, 0) is 38.5 Å². The van der Waals surface area contributed by atoms with Gasteiger partial charge in [-0.15, -0.1) is 0 Å². The molecule has 2 atom stereocenters. The number of phosphoric acid groups is 1. The number of rotatable bonds is 37. The van der Waals surface area contributed by atoms with Gasteiger partial charge in [0.2, 0.25) is 0 Å². The molecule has 0 saturated heterocycles. The first-order valence-electron chi connectivity index (χ1n) is 20.8. The van der Waals surface area contributed by atoms with Crippen molar-refractivity contribution in [3.63, 3.8) is 0 Å². The maximum Gasteiger partial charge on any atom is 0.469 e. The average molecular weight is 780 g/mol. The Kier molecular flexibility index (Phi) is 40.1. The predicted molar refractivity (Wildman–Crippen MR) is 211 cm³/mol. The number of unbranched alkanes of at least 4 members (excludes halogenated alkanes) is 23. The molecule has 13 heteroatoms. The number of nitrogens with two attached hydrogens (primary N) is 1. The number of aliphatic hydroxyl groups is 1. The molecule has 0 aromatic rings. The van der Waals surface area contributed by atoms with E-state index in [-0.39, 0.29) is 25.2 Å². The SMILES string of the molecule is CCCCCCCC/C=C\CCCCCCCC(=O)OC(CO)COC(=O)CCCCCCCCCCCCCCC.NC(COP(=O)(O)O)C(=O)O. The van der Waals surface area contributed by atoms with Gasteiger partial charge in [-0.25, -0.2) is 4.57 Å². The third-order valence-electron chi connectivity index (χ3n) is 8.80. The maximum absolute atomic E-state index is 12.1. The van der Waals surface area contributed by atoms with Crippen LogP contribution >= 0.6 is 7.82 Å². The van der Waals surface area contributed by atoms with Gasteiger partial charge < -0.3 is 35.2 Å². The van der Waals surface area contributed by atoms with E-state index in [9.17, 15) is 24.1 Å². The van der Waals surface area contributed by atoms with Crippen molar-refractivity contribution in [2.75, 3.05) is 19.8 Å². The van der Waals surface area contributed by atoms with Crippen LogP contribution in [0.2, 0.25) is 0 Å². The largest absolute Gasteiger partial charge is 0.480 e. The normalized spacial score (nSPS) is 12.6. The predicted octanol–water partition coefficient (Wildman–Crippen LogP) is 9.46. The van der Waals surface area contributed by atoms with Crippen LogP contribution in [-0.4, -0.2) is 69.9 Å². The Morgan fingerprint density at radius 2 is 0.981 bits per heavy atom. The Hall–Kier alpha value is -1.82. The zero-order valence-electron chi connectivity index (χ0n) is 33.4. The van der Waals surface area contributed by atoms with Crippen molar-refractivity contribution in [3.8, 4) is 0 Å². The van der Waals surface area contributed by atoms with Gasteiger partial charge in [-0.2, -0.15) is 0 Å². The summed E-state index contributed by atoms with van der Waals surface area (Å²) < 4.78 is 24.4. The highest BCUT2D eigenvalue weighted by Gasteiger charge is 2.19. The fourth-order valence-electron chi connectivity index (χ4n) is 5.50. The third kappa shape index (κ3) is 44.5. The zero-order chi connectivity index (χ0) is 39.8. The Bertz CT molecular complexity index is 928. The van der Waals surface area contributed by atoms with Crippen molar-refractivity contribution < 1.29 is 52.9 Å². The van der Waals surface area contributed by atoms with Crippen LogP contribution in [0.4, 0.5) is 0 Å². The molecular formula is C40H78NO11P. The first kappa shape index (κ1) is 53.3. The molecule has 0 aliphatic heterocycles. The molecule has 0 radical (unpaired) electrons. The number of aliphatic carboxylic acids is 1. The van der Waals surface area contributed by atoms with Gasteiger partial charge in [-0.1, -0.05) is 154 Å². The first-order chi connectivity index (χ1) is 25.5. The highest BCUT2D eigenvalue weighted by molar-refractivity contribution is 7.46. The topological polar surface area (TPSA) is 203 Å². The van der Waals surface area contributed by atoms with Gasteiger partial charge in [0.1, 0.15) is 12.6 Å². The molecule has 0 fully saturated rings. The fourth-order valence-corrected chi connectivity index (χ4v) is 5.86. The Morgan fingerprint density at radius 3 is 1.36 bits per heavy atom. The lowest BCUT2D eigenvalue weighted by atomic mass is 10.0. The van der Waals surface area contributed by atoms with Gasteiger partial charge in [0, 0.05) is 12.8 Å². The lowest BCUT2D eigenvalue weighted by Crippen LogP contribution is -2.34. The highest BCUT2D eigenvalue weighted by Crippen LogP contribution is 2.35. The molecule has 0 bridgehead atoms. The van der Waals surface area contributed by atoms with E-state index in [2.05, 4.69) is 30.5 Å². The second-order valence-corrected chi connectivity index (χ2v) is 15.3. The molecule has 0 aliphatic rings. The zero-order valence-corrected chi connectivity index (χ0v) is 34.3. The lowest BCUT2D eigenvalue weighted by molar-refractivity contribution is -0.161. The van der Waals surface area contributed by atoms with E-state index in [1.54, 1.807) is 0 Å². The lowest BCUT2D eigenvalue weighted by Gasteiger charge is -2.15. The molecule has 314 valence electrons. The quantitative estimate of drug-likeness (QED) is 0.0173. The van der Waals surface area contributed by atoms with Crippen LogP contribution in [0.1, 0.15) is 194 Å². The summed E-state index contributed by atoms with van der Waals surface area (Å²) in [6.07, 6.45) is 36.9. The molecule has 0 spiro atoms. The second kappa shape index (κ2) is 39.9. The number of allylic oxidation sites excluding steroid dienone is 2. The molecule has 0 aliphatic carbocycles. The Balaban J connectivity index is 0. The van der Waals surface area contributed by atoms with Crippen LogP contribution in [0.25, 0.3) is 0 Å². The molecule has 6 N–H and O–H groups in total. The average Bonchev–Trinajstić information content (AvgIpc) is 3.12. The van der Waals surface area contributed by atoms with Gasteiger partial charge in [0.25, 0.3) is 0 Å². The molecule has 53 heavy (non-hydrogen) atoms. The van der Waals surface area contributed by atoms with Gasteiger partial charge in [0.05, 0.1) is 13.2 Å². The number of carbonyl (C=O) groups is 3. The molecule has 0 aromatic carbocycles. The van der Waals surface area contributed by atoms with E-state index < -0.39 is 32.5 Å². The standard InChI is InChI=1S/C37H70O5.C3H8NO6P/c1-3-5-7-9-11-13-15-17-18-20-22-24-26-28-30-32-37(40)42-35(33-38)34-41-36(39)31-29-27-25-23-21-19-16-14-12-10-8-6-4-2;4-2(3(5)6)1-10-11(7,8)9/h17-18,35,38H,3-16,19-34H2,1-2H3;2H,1,4H2,(H,5,6)(H2,7,8,9)/b18-17-;. The van der Waals surface area contributed by atoms with Crippen molar-refractivity contribution in [2.45, 2.75) is 206 Å². The number of carboxylic acids is 1. The summed E-state index contributed by atoms with van der Waals surface area (Å²) in [5.74, 6) is -1.97. The van der Waals surface area contributed by atoms with Crippen LogP contribution < -0.4 is 5.73 Å². The number of phosphoric ester groups is 1. The molecule has 12 nitrogen and oxygen atoms in total. The van der Waals surface area contributed by atoms with Crippen molar-refractivity contribution >= 4 is 25.7 Å². The smallest absolute Gasteiger partial charge is 0.469 e. The number of aliphatic hydroxyl groups excluding tert-OH is 1. The highest BCUT2D eigenvalue weighted by atomic mass is 31.2. The summed E-state index contributed by atoms with van der Waals surface area (Å²) >= 11 is 0. The minimum absolute atomic E-state index is 0.0636. The summed E-state index contributed by atoms with van der Waals surface area (Å²) in [6, 6.07) is -1.41. The number of carbonyl (C=O) groups excluding carboxylic acids is 2. The van der Waals surface area contributed by atoms with Crippen molar-refractivity contribution in [3.05, 3.63) is 12.2 Å². The van der Waals surface area contributed by atoms with E-state index in [0.29, 0.717) is 12.8 Å². The minimum Gasteiger partial charge on any atom is -0.480 e. The van der Waals surface area contributed by atoms with E-state index in [1.165, 1.54) is 122 Å². The maximum atomic E-state index is 12.1. The molecular weight excluding hydrogens is 701 g/mol. The molecule has 0 rings (SSSR count). The van der Waals surface area contributed by atoms with Crippen LogP contribution in [0, 0.1) is 0 Å². The van der Waals surface area contributed by atoms with Crippen molar-refractivity contribution in [1.82, 2.24) is 0 Å². The number of esters is 2. The van der Waals surface area contributed by atoms with Crippen molar-refractivity contribution in [2.24, 2.45) is 5.73 Å². The number of ether oxygens (including phenoxy) is 2. The van der Waals surface area contributed by atoms with Gasteiger partial charge >= 0.3 is 25.7 Å². The number of hydrogen-bond acceptors (Lipinski definition) is 9. The molecule has 0 amide bonds. The summed E-state index contributed by atoms with van der Waals surface area (Å²) in [4.78, 5) is 50.3. The second-order valence-electron chi connectivity index (χ2n) is 14.0. The monoisotopic (exact) mass is 780 g/mol. The molecule has 2 unspecified atom stereocenters. The summed E-state index contributed by atoms with van der Waals surface area (Å²) in [6.45, 7) is 3.42. The Morgan fingerprint density at radius 1 is 0.604 bits per heavy atom. The van der Waals surface area contributed by atoms with Gasteiger partial charge in [-0.3, -0.25) is 18.9 Å². The molecule has 0 saturated carbocycles.